The second kappa shape index (κ2) is 4.94. The Morgan fingerprint density at radius 3 is 3.15 bits per heavy atom. The van der Waals surface area contributed by atoms with Gasteiger partial charge in [-0.05, 0) is 13.0 Å². The van der Waals surface area contributed by atoms with Crippen LogP contribution in [0.4, 0.5) is 0 Å². The van der Waals surface area contributed by atoms with Gasteiger partial charge in [-0.3, -0.25) is 4.98 Å². The van der Waals surface area contributed by atoms with Gasteiger partial charge in [-0.25, -0.2) is 0 Å². The van der Waals surface area contributed by atoms with Crippen molar-refractivity contribution in [1.82, 2.24) is 4.98 Å². The first-order chi connectivity index (χ1) is 6.38. The molecule has 0 N–H and O–H groups in total. The van der Waals surface area contributed by atoms with Crippen molar-refractivity contribution < 1.29 is 4.74 Å². The van der Waals surface area contributed by atoms with Crippen LogP contribution in [-0.4, -0.2) is 11.6 Å². The van der Waals surface area contributed by atoms with Crippen LogP contribution in [0.15, 0.2) is 30.8 Å². The number of aromatic nitrogens is 1. The zero-order chi connectivity index (χ0) is 9.52. The summed E-state index contributed by atoms with van der Waals surface area (Å²) in [6, 6.07) is 5.65. The first-order valence-corrected chi connectivity index (χ1v) is 4.00. The molecule has 0 aliphatic carbocycles. The molecule has 1 aromatic heterocycles. The average molecular weight is 174 g/mol. The van der Waals surface area contributed by atoms with E-state index >= 15 is 0 Å². The predicted molar refractivity (Wildman–Crippen MR) is 49.5 cm³/mol. The van der Waals surface area contributed by atoms with Crippen molar-refractivity contribution in [3.8, 4) is 6.07 Å². The van der Waals surface area contributed by atoms with Gasteiger partial charge in [0.05, 0.1) is 12.2 Å². The summed E-state index contributed by atoms with van der Waals surface area (Å²) in [5, 5.41) is 8.78. The number of hydrogen-bond acceptors (Lipinski definition) is 3. The van der Waals surface area contributed by atoms with Crippen molar-refractivity contribution in [2.45, 2.75) is 6.92 Å². The fourth-order valence-corrected chi connectivity index (χ4v) is 0.848. The van der Waals surface area contributed by atoms with E-state index in [1.54, 1.807) is 18.5 Å². The number of pyridine rings is 1. The van der Waals surface area contributed by atoms with Crippen molar-refractivity contribution in [2.24, 2.45) is 0 Å². The number of ether oxygens (including phenoxy) is 1. The third-order valence-corrected chi connectivity index (χ3v) is 1.46. The summed E-state index contributed by atoms with van der Waals surface area (Å²) in [5.74, 6) is 0. The fourth-order valence-electron chi connectivity index (χ4n) is 0.848. The molecular formula is C10H10N2O. The maximum atomic E-state index is 8.78. The molecule has 0 aliphatic heterocycles. The van der Waals surface area contributed by atoms with Crippen LogP contribution in [0.2, 0.25) is 0 Å². The molecule has 0 aromatic carbocycles. The first-order valence-electron chi connectivity index (χ1n) is 4.00. The second-order valence-corrected chi connectivity index (χ2v) is 2.34. The lowest BCUT2D eigenvalue weighted by Crippen LogP contribution is -1.85. The first kappa shape index (κ1) is 9.27. The van der Waals surface area contributed by atoms with Gasteiger partial charge in [0.1, 0.15) is 12.3 Å². The molecule has 0 atom stereocenters. The summed E-state index contributed by atoms with van der Waals surface area (Å²) in [6.45, 7) is 2.43. The van der Waals surface area contributed by atoms with Crippen LogP contribution in [0.1, 0.15) is 12.5 Å². The summed E-state index contributed by atoms with van der Waals surface area (Å²) < 4.78 is 5.03. The molecular weight excluding hydrogens is 164 g/mol. The minimum absolute atomic E-state index is 0.495. The Morgan fingerprint density at radius 1 is 1.77 bits per heavy atom. The van der Waals surface area contributed by atoms with Gasteiger partial charge in [0.25, 0.3) is 0 Å². The summed E-state index contributed by atoms with van der Waals surface area (Å²) in [4.78, 5) is 3.91. The third-order valence-electron chi connectivity index (χ3n) is 1.46. The zero-order valence-electron chi connectivity index (χ0n) is 7.40. The van der Waals surface area contributed by atoms with E-state index < -0.39 is 0 Å². The molecule has 0 spiro atoms. The molecule has 1 aromatic rings. The molecule has 1 heterocycles. The minimum atomic E-state index is 0.495. The molecule has 0 unspecified atom stereocenters. The molecule has 66 valence electrons. The van der Waals surface area contributed by atoms with Gasteiger partial charge in [-0.15, -0.1) is 0 Å². The molecule has 13 heavy (non-hydrogen) atoms. The summed E-state index contributed by atoms with van der Waals surface area (Å²) in [7, 11) is 0. The largest absolute Gasteiger partial charge is 0.500 e. The Labute approximate surface area is 77.3 Å². The lowest BCUT2D eigenvalue weighted by Gasteiger charge is -1.98. The van der Waals surface area contributed by atoms with E-state index in [1.165, 1.54) is 6.26 Å². The zero-order valence-corrected chi connectivity index (χ0v) is 7.40. The Bertz CT molecular complexity index is 325. The van der Waals surface area contributed by atoms with Gasteiger partial charge in [0.15, 0.2) is 0 Å². The molecule has 0 radical (unpaired) electrons. The fraction of sp³-hybridized carbons (Fsp3) is 0.200. The molecule has 0 saturated heterocycles. The Hall–Kier alpha value is -1.82. The summed E-state index contributed by atoms with van der Waals surface area (Å²) in [5.41, 5.74) is 1.27. The van der Waals surface area contributed by atoms with Crippen molar-refractivity contribution >= 4 is 5.57 Å². The highest BCUT2D eigenvalue weighted by Crippen LogP contribution is 2.10. The van der Waals surface area contributed by atoms with Gasteiger partial charge in [0.2, 0.25) is 0 Å². The molecule has 0 aliphatic rings. The Balaban J connectivity index is 2.87. The summed E-state index contributed by atoms with van der Waals surface area (Å²) >= 11 is 0. The van der Waals surface area contributed by atoms with E-state index in [4.69, 9.17) is 10.00 Å². The minimum Gasteiger partial charge on any atom is -0.500 e. The van der Waals surface area contributed by atoms with E-state index in [-0.39, 0.29) is 0 Å². The quantitative estimate of drug-likeness (QED) is 0.520. The van der Waals surface area contributed by atoms with Gasteiger partial charge in [-0.2, -0.15) is 5.26 Å². The van der Waals surface area contributed by atoms with E-state index in [0.29, 0.717) is 12.2 Å². The Morgan fingerprint density at radius 2 is 2.62 bits per heavy atom. The highest BCUT2D eigenvalue weighted by Gasteiger charge is 1.98. The molecule has 0 fully saturated rings. The smallest absolute Gasteiger partial charge is 0.103 e. The predicted octanol–water partition coefficient (Wildman–Crippen LogP) is 1.98. The van der Waals surface area contributed by atoms with Crippen LogP contribution in [0.25, 0.3) is 5.57 Å². The molecule has 3 nitrogen and oxygen atoms in total. The monoisotopic (exact) mass is 174 g/mol. The standard InChI is InChI=1S/C10H10N2O/c1-2-13-8-10(6-11)9-4-3-5-12-7-9/h3-5,7-8H,2H2,1H3/b10-8+. The van der Waals surface area contributed by atoms with Crippen LogP contribution in [-0.2, 0) is 4.74 Å². The molecule has 0 saturated carbocycles. The van der Waals surface area contributed by atoms with Crippen molar-refractivity contribution in [3.63, 3.8) is 0 Å². The van der Waals surface area contributed by atoms with E-state index in [9.17, 15) is 0 Å². The highest BCUT2D eigenvalue weighted by atomic mass is 16.5. The Kier molecular flexibility index (Phi) is 3.52. The van der Waals surface area contributed by atoms with Gasteiger partial charge >= 0.3 is 0 Å². The number of nitriles is 1. The maximum absolute atomic E-state index is 8.78. The van der Waals surface area contributed by atoms with Crippen LogP contribution in [0, 0.1) is 11.3 Å². The van der Waals surface area contributed by atoms with Crippen LogP contribution >= 0.6 is 0 Å². The maximum Gasteiger partial charge on any atom is 0.103 e. The van der Waals surface area contributed by atoms with Crippen molar-refractivity contribution in [1.29, 1.82) is 5.26 Å². The number of nitrogens with zero attached hydrogens (tertiary/aromatic N) is 2. The lowest BCUT2D eigenvalue weighted by atomic mass is 10.1. The molecule has 0 bridgehead atoms. The van der Waals surface area contributed by atoms with Crippen LogP contribution in [0.3, 0.4) is 0 Å². The van der Waals surface area contributed by atoms with E-state index in [2.05, 4.69) is 4.98 Å². The van der Waals surface area contributed by atoms with Gasteiger partial charge in [-0.1, -0.05) is 6.07 Å². The normalized spacial score (nSPS) is 10.6. The lowest BCUT2D eigenvalue weighted by molar-refractivity contribution is 0.271. The van der Waals surface area contributed by atoms with Crippen LogP contribution < -0.4 is 0 Å². The van der Waals surface area contributed by atoms with Crippen LogP contribution in [0.5, 0.6) is 0 Å². The van der Waals surface area contributed by atoms with Crippen molar-refractivity contribution in [3.05, 3.63) is 36.4 Å². The SMILES string of the molecule is CCO/C=C(\C#N)c1cccnc1. The number of hydrogen-bond donors (Lipinski definition) is 0. The number of allylic oxidation sites excluding steroid dienone is 1. The summed E-state index contributed by atoms with van der Waals surface area (Å²) in [6.07, 6.45) is 4.75. The number of rotatable bonds is 3. The highest BCUT2D eigenvalue weighted by molar-refractivity contribution is 5.75. The molecule has 1 rings (SSSR count). The molecule has 3 heteroatoms. The van der Waals surface area contributed by atoms with Crippen molar-refractivity contribution in [2.75, 3.05) is 6.61 Å². The topological polar surface area (TPSA) is 45.9 Å². The second-order valence-electron chi connectivity index (χ2n) is 2.34. The third kappa shape index (κ3) is 2.60. The van der Waals surface area contributed by atoms with E-state index in [1.807, 2.05) is 19.1 Å². The average Bonchev–Trinajstić information content (AvgIpc) is 2.21. The van der Waals surface area contributed by atoms with Gasteiger partial charge < -0.3 is 4.74 Å². The van der Waals surface area contributed by atoms with E-state index in [0.717, 1.165) is 5.56 Å². The van der Waals surface area contributed by atoms with Gasteiger partial charge in [0, 0.05) is 18.0 Å². The molecule has 0 amide bonds.